The van der Waals surface area contributed by atoms with Crippen LogP contribution in [0.5, 0.6) is 0 Å². The second kappa shape index (κ2) is 10.6. The standard InChI is InChI=1S/C17H30N6OS.HI/c1-14-12-21(13-15(2)24-14)6-3-4-19-16(18)22-7-9-23(10-8-22)17-20-5-11-25-17;/h5,11,14-15H,3-4,6-10,12-13H2,1-2H3,(H2,18,19);1H. The lowest BCUT2D eigenvalue weighted by Crippen LogP contribution is -2.51. The number of halogens is 1. The van der Waals surface area contributed by atoms with E-state index in [0.29, 0.717) is 18.2 Å². The van der Waals surface area contributed by atoms with Crippen LogP contribution in [0, 0.1) is 0 Å². The number of nitrogens with two attached hydrogens (primary N) is 1. The molecule has 3 rings (SSSR count). The molecule has 2 saturated heterocycles. The predicted molar refractivity (Wildman–Crippen MR) is 119 cm³/mol. The molecule has 0 radical (unpaired) electrons. The van der Waals surface area contributed by atoms with Crippen LogP contribution in [0.2, 0.25) is 0 Å². The Kier molecular flexibility index (Phi) is 8.85. The lowest BCUT2D eigenvalue weighted by atomic mass is 10.2. The van der Waals surface area contributed by atoms with Crippen molar-refractivity contribution in [2.45, 2.75) is 32.5 Å². The Hall–Kier alpha value is -0.650. The Morgan fingerprint density at radius 1 is 1.27 bits per heavy atom. The number of guanidine groups is 1. The zero-order valence-electron chi connectivity index (χ0n) is 15.7. The summed E-state index contributed by atoms with van der Waals surface area (Å²) in [6.45, 7) is 11.9. The summed E-state index contributed by atoms with van der Waals surface area (Å²) in [6, 6.07) is 0. The highest BCUT2D eigenvalue weighted by molar-refractivity contribution is 14.0. The molecule has 0 amide bonds. The number of aromatic nitrogens is 1. The zero-order valence-corrected chi connectivity index (χ0v) is 18.9. The van der Waals surface area contributed by atoms with Crippen molar-refractivity contribution < 1.29 is 4.74 Å². The number of rotatable bonds is 5. The largest absolute Gasteiger partial charge is 0.373 e. The van der Waals surface area contributed by atoms with Crippen molar-refractivity contribution in [3.8, 4) is 0 Å². The maximum absolute atomic E-state index is 6.19. The molecule has 0 bridgehead atoms. The van der Waals surface area contributed by atoms with Gasteiger partial charge in [0.2, 0.25) is 0 Å². The molecule has 2 unspecified atom stereocenters. The summed E-state index contributed by atoms with van der Waals surface area (Å²) in [4.78, 5) is 15.9. The summed E-state index contributed by atoms with van der Waals surface area (Å²) in [5.74, 6) is 0.683. The number of thiazole rings is 1. The lowest BCUT2D eigenvalue weighted by molar-refractivity contribution is -0.0679. The summed E-state index contributed by atoms with van der Waals surface area (Å²) < 4.78 is 5.77. The van der Waals surface area contributed by atoms with Crippen LogP contribution < -0.4 is 10.6 Å². The third-order valence-electron chi connectivity index (χ3n) is 4.69. The number of aliphatic imine (C=N–C) groups is 1. The monoisotopic (exact) mass is 494 g/mol. The van der Waals surface area contributed by atoms with Gasteiger partial charge in [-0.05, 0) is 20.3 Å². The molecule has 26 heavy (non-hydrogen) atoms. The number of morpholine rings is 1. The number of hydrogen-bond acceptors (Lipinski definition) is 6. The molecular weight excluding hydrogens is 463 g/mol. The molecule has 2 aliphatic heterocycles. The fourth-order valence-corrected chi connectivity index (χ4v) is 4.25. The first kappa shape index (κ1) is 21.6. The van der Waals surface area contributed by atoms with E-state index in [9.17, 15) is 0 Å². The van der Waals surface area contributed by atoms with Crippen LogP contribution in [-0.2, 0) is 4.74 Å². The normalized spacial score (nSPS) is 25.2. The molecule has 2 fully saturated rings. The van der Waals surface area contributed by atoms with E-state index >= 15 is 0 Å². The quantitative estimate of drug-likeness (QED) is 0.291. The molecule has 7 nitrogen and oxygen atoms in total. The van der Waals surface area contributed by atoms with Gasteiger partial charge >= 0.3 is 0 Å². The summed E-state index contributed by atoms with van der Waals surface area (Å²) in [6.07, 6.45) is 3.55. The van der Waals surface area contributed by atoms with Crippen molar-refractivity contribution in [1.29, 1.82) is 0 Å². The van der Waals surface area contributed by atoms with Gasteiger partial charge < -0.3 is 20.3 Å². The summed E-state index contributed by atoms with van der Waals surface area (Å²) in [5.41, 5.74) is 6.19. The van der Waals surface area contributed by atoms with E-state index in [0.717, 1.165) is 63.9 Å². The van der Waals surface area contributed by atoms with Crippen LogP contribution in [0.3, 0.4) is 0 Å². The van der Waals surface area contributed by atoms with Gasteiger partial charge in [0.1, 0.15) is 0 Å². The van der Waals surface area contributed by atoms with Gasteiger partial charge in [-0.25, -0.2) is 4.98 Å². The number of ether oxygens (including phenoxy) is 1. The van der Waals surface area contributed by atoms with Crippen molar-refractivity contribution in [1.82, 2.24) is 14.8 Å². The minimum Gasteiger partial charge on any atom is -0.373 e. The van der Waals surface area contributed by atoms with Gasteiger partial charge in [-0.2, -0.15) is 0 Å². The summed E-state index contributed by atoms with van der Waals surface area (Å²) in [7, 11) is 0. The predicted octanol–water partition coefficient (Wildman–Crippen LogP) is 1.70. The zero-order chi connectivity index (χ0) is 17.6. The molecule has 148 valence electrons. The molecule has 9 heteroatoms. The maximum Gasteiger partial charge on any atom is 0.191 e. The number of piperazine rings is 1. The molecule has 0 spiro atoms. The second-order valence-electron chi connectivity index (χ2n) is 6.90. The first-order valence-corrected chi connectivity index (χ1v) is 10.1. The van der Waals surface area contributed by atoms with Gasteiger partial charge in [-0.15, -0.1) is 35.3 Å². The molecule has 3 heterocycles. The van der Waals surface area contributed by atoms with Gasteiger partial charge in [0.05, 0.1) is 12.2 Å². The average Bonchev–Trinajstić information content (AvgIpc) is 3.12. The van der Waals surface area contributed by atoms with Gasteiger partial charge in [0.25, 0.3) is 0 Å². The Morgan fingerprint density at radius 2 is 1.96 bits per heavy atom. The van der Waals surface area contributed by atoms with Gasteiger partial charge in [0.15, 0.2) is 11.1 Å². The van der Waals surface area contributed by atoms with Crippen molar-refractivity contribution >= 4 is 46.4 Å². The molecular formula is C17H31IN6OS. The lowest BCUT2D eigenvalue weighted by Gasteiger charge is -2.35. The molecule has 1 aromatic heterocycles. The van der Waals surface area contributed by atoms with Crippen molar-refractivity contribution in [3.63, 3.8) is 0 Å². The molecule has 0 aromatic carbocycles. The third kappa shape index (κ3) is 6.21. The van der Waals surface area contributed by atoms with E-state index in [2.05, 4.69) is 38.5 Å². The third-order valence-corrected chi connectivity index (χ3v) is 5.53. The van der Waals surface area contributed by atoms with Crippen LogP contribution in [-0.4, -0.2) is 85.3 Å². The minimum absolute atomic E-state index is 0. The van der Waals surface area contributed by atoms with Gasteiger partial charge in [-0.1, -0.05) is 0 Å². The van der Waals surface area contributed by atoms with E-state index in [1.54, 1.807) is 11.3 Å². The number of nitrogens with zero attached hydrogens (tertiary/aromatic N) is 5. The fourth-order valence-electron chi connectivity index (χ4n) is 3.55. The van der Waals surface area contributed by atoms with Crippen LogP contribution in [0.25, 0.3) is 0 Å². The molecule has 2 aliphatic rings. The first-order valence-electron chi connectivity index (χ1n) is 9.19. The van der Waals surface area contributed by atoms with Gasteiger partial charge in [-0.3, -0.25) is 9.89 Å². The van der Waals surface area contributed by atoms with Crippen LogP contribution in [0.1, 0.15) is 20.3 Å². The fraction of sp³-hybridized carbons (Fsp3) is 0.765. The maximum atomic E-state index is 6.19. The van der Waals surface area contributed by atoms with Crippen LogP contribution >= 0.6 is 35.3 Å². The Labute approximate surface area is 177 Å². The van der Waals surface area contributed by atoms with E-state index in [4.69, 9.17) is 10.5 Å². The van der Waals surface area contributed by atoms with E-state index in [1.165, 1.54) is 0 Å². The SMILES string of the molecule is CC1CN(CCCN=C(N)N2CCN(c3nccs3)CC2)CC(C)O1.I. The van der Waals surface area contributed by atoms with Crippen molar-refractivity contribution in [2.24, 2.45) is 10.7 Å². The minimum atomic E-state index is 0. The highest BCUT2D eigenvalue weighted by Gasteiger charge is 2.22. The summed E-state index contributed by atoms with van der Waals surface area (Å²) in [5, 5.41) is 3.12. The Balaban J connectivity index is 0.00000243. The highest BCUT2D eigenvalue weighted by atomic mass is 127. The number of anilines is 1. The van der Waals surface area contributed by atoms with E-state index in [1.807, 2.05) is 11.6 Å². The van der Waals surface area contributed by atoms with Gasteiger partial charge in [0, 0.05) is 63.9 Å². The van der Waals surface area contributed by atoms with E-state index in [-0.39, 0.29) is 24.0 Å². The first-order chi connectivity index (χ1) is 12.1. The van der Waals surface area contributed by atoms with Crippen molar-refractivity contribution in [3.05, 3.63) is 11.6 Å². The molecule has 2 atom stereocenters. The molecule has 0 aliphatic carbocycles. The Bertz CT molecular complexity index is 539. The second-order valence-corrected chi connectivity index (χ2v) is 7.77. The average molecular weight is 494 g/mol. The van der Waals surface area contributed by atoms with Crippen molar-refractivity contribution in [2.75, 3.05) is 57.3 Å². The highest BCUT2D eigenvalue weighted by Crippen LogP contribution is 2.18. The van der Waals surface area contributed by atoms with Crippen LogP contribution in [0.4, 0.5) is 5.13 Å². The van der Waals surface area contributed by atoms with E-state index < -0.39 is 0 Å². The molecule has 2 N–H and O–H groups in total. The van der Waals surface area contributed by atoms with Crippen LogP contribution in [0.15, 0.2) is 16.6 Å². The molecule has 0 saturated carbocycles. The smallest absolute Gasteiger partial charge is 0.191 e. The summed E-state index contributed by atoms with van der Waals surface area (Å²) >= 11 is 1.69. The Morgan fingerprint density at radius 3 is 2.58 bits per heavy atom. The molecule has 1 aromatic rings. The number of hydrogen-bond donors (Lipinski definition) is 1. The topological polar surface area (TPSA) is 70.2 Å².